The van der Waals surface area contributed by atoms with Crippen LogP contribution in [0.5, 0.6) is 0 Å². The summed E-state index contributed by atoms with van der Waals surface area (Å²) in [5.74, 6) is 0.0465. The minimum atomic E-state index is -0.298. The van der Waals surface area contributed by atoms with Gasteiger partial charge >= 0.3 is 0 Å². The topological polar surface area (TPSA) is 38.9 Å². The highest BCUT2D eigenvalue weighted by atomic mass is 127. The molecule has 0 amide bonds. The summed E-state index contributed by atoms with van der Waals surface area (Å²) < 4.78 is 18.5. The first-order valence-electron chi connectivity index (χ1n) is 3.92. The van der Waals surface area contributed by atoms with E-state index in [0.717, 1.165) is 5.56 Å². The van der Waals surface area contributed by atoms with E-state index in [-0.39, 0.29) is 5.82 Å². The Balaban J connectivity index is 2.51. The third-order valence-electron chi connectivity index (χ3n) is 1.69. The number of aryl methyl sites for hydroxylation is 1. The molecule has 1 aromatic heterocycles. The molecule has 2 aromatic rings. The molecule has 3 nitrogen and oxygen atoms in total. The van der Waals surface area contributed by atoms with E-state index in [2.05, 4.69) is 10.1 Å². The van der Waals surface area contributed by atoms with E-state index in [1.165, 1.54) is 12.1 Å². The fourth-order valence-electron chi connectivity index (χ4n) is 1.18. The second kappa shape index (κ2) is 3.64. The summed E-state index contributed by atoms with van der Waals surface area (Å²) >= 11 is 1.94. The second-order valence-corrected chi connectivity index (χ2v) is 3.85. The zero-order chi connectivity index (χ0) is 10.1. The highest BCUT2D eigenvalue weighted by molar-refractivity contribution is 14.1. The first-order valence-corrected chi connectivity index (χ1v) is 5.00. The van der Waals surface area contributed by atoms with Crippen LogP contribution in [0.15, 0.2) is 22.7 Å². The van der Waals surface area contributed by atoms with Crippen LogP contribution in [0.1, 0.15) is 5.56 Å². The predicted octanol–water partition coefficient (Wildman–Crippen LogP) is 2.79. The lowest BCUT2D eigenvalue weighted by molar-refractivity contribution is 0.425. The van der Waals surface area contributed by atoms with Crippen LogP contribution in [0.25, 0.3) is 11.5 Å². The maximum Gasteiger partial charge on any atom is 0.258 e. The molecule has 0 fully saturated rings. The van der Waals surface area contributed by atoms with Gasteiger partial charge in [-0.2, -0.15) is 4.98 Å². The van der Waals surface area contributed by atoms with Gasteiger partial charge in [-0.25, -0.2) is 4.39 Å². The van der Waals surface area contributed by atoms with Crippen molar-refractivity contribution < 1.29 is 8.91 Å². The maximum atomic E-state index is 13.0. The van der Waals surface area contributed by atoms with Gasteiger partial charge in [-0.3, -0.25) is 0 Å². The van der Waals surface area contributed by atoms with Crippen molar-refractivity contribution in [2.45, 2.75) is 6.92 Å². The second-order valence-electron chi connectivity index (χ2n) is 2.89. The molecule has 1 aromatic carbocycles. The van der Waals surface area contributed by atoms with Crippen LogP contribution in [-0.2, 0) is 0 Å². The number of benzene rings is 1. The van der Waals surface area contributed by atoms with Crippen LogP contribution in [-0.4, -0.2) is 10.1 Å². The minimum Gasteiger partial charge on any atom is -0.333 e. The molecule has 0 saturated heterocycles. The van der Waals surface area contributed by atoms with E-state index in [9.17, 15) is 4.39 Å². The molecule has 14 heavy (non-hydrogen) atoms. The SMILES string of the molecule is Cc1cc(F)cc(-c2nc(I)no2)c1. The minimum absolute atomic E-state index is 0.298. The Hall–Kier alpha value is -0.980. The number of halogens is 2. The van der Waals surface area contributed by atoms with Crippen LogP contribution < -0.4 is 0 Å². The standard InChI is InChI=1S/C9H6FIN2O/c1-5-2-6(4-7(10)3-5)8-12-9(11)13-14-8/h2-4H,1H3. The average Bonchev–Trinajstić information content (AvgIpc) is 2.50. The van der Waals surface area contributed by atoms with E-state index in [1.807, 2.05) is 29.5 Å². The third kappa shape index (κ3) is 1.92. The number of aromatic nitrogens is 2. The van der Waals surface area contributed by atoms with E-state index in [1.54, 1.807) is 6.07 Å². The molecule has 0 aliphatic carbocycles. The lowest BCUT2D eigenvalue weighted by Crippen LogP contribution is -1.83. The summed E-state index contributed by atoms with van der Waals surface area (Å²) in [4.78, 5) is 4.01. The van der Waals surface area contributed by atoms with Crippen molar-refractivity contribution in [2.24, 2.45) is 0 Å². The quantitative estimate of drug-likeness (QED) is 0.761. The number of rotatable bonds is 1. The lowest BCUT2D eigenvalue weighted by Gasteiger charge is -1.97. The van der Waals surface area contributed by atoms with Gasteiger partial charge in [0.25, 0.3) is 5.89 Å². The largest absolute Gasteiger partial charge is 0.333 e. The Labute approximate surface area is 93.5 Å². The highest BCUT2D eigenvalue weighted by Crippen LogP contribution is 2.20. The van der Waals surface area contributed by atoms with Gasteiger partial charge in [-0.1, -0.05) is 5.16 Å². The fourth-order valence-corrected chi connectivity index (χ4v) is 1.50. The third-order valence-corrected chi connectivity index (χ3v) is 2.13. The molecule has 0 spiro atoms. The summed E-state index contributed by atoms with van der Waals surface area (Å²) in [5.41, 5.74) is 1.44. The van der Waals surface area contributed by atoms with Crippen molar-refractivity contribution in [2.75, 3.05) is 0 Å². The van der Waals surface area contributed by atoms with Gasteiger partial charge in [0.15, 0.2) is 0 Å². The predicted molar refractivity (Wildman–Crippen MR) is 57.1 cm³/mol. The van der Waals surface area contributed by atoms with Crippen LogP contribution in [0.2, 0.25) is 0 Å². The summed E-state index contributed by atoms with van der Waals surface area (Å²) in [7, 11) is 0. The highest BCUT2D eigenvalue weighted by Gasteiger charge is 2.08. The van der Waals surface area contributed by atoms with Crippen LogP contribution in [0, 0.1) is 16.6 Å². The monoisotopic (exact) mass is 304 g/mol. The fraction of sp³-hybridized carbons (Fsp3) is 0.111. The maximum absolute atomic E-state index is 13.0. The van der Waals surface area contributed by atoms with Crippen molar-refractivity contribution in [3.63, 3.8) is 0 Å². The first-order chi connectivity index (χ1) is 6.65. The van der Waals surface area contributed by atoms with Gasteiger partial charge in [-0.05, 0) is 30.7 Å². The van der Waals surface area contributed by atoms with Gasteiger partial charge in [-0.15, -0.1) is 0 Å². The summed E-state index contributed by atoms with van der Waals surface area (Å²) in [6.07, 6.45) is 0. The number of hydrogen-bond acceptors (Lipinski definition) is 3. The van der Waals surface area contributed by atoms with E-state index >= 15 is 0 Å². The molecule has 0 N–H and O–H groups in total. The van der Waals surface area contributed by atoms with Crippen LogP contribution >= 0.6 is 22.6 Å². The molecule has 1 heterocycles. The van der Waals surface area contributed by atoms with Crippen LogP contribution in [0.3, 0.4) is 0 Å². The molecule has 5 heteroatoms. The summed E-state index contributed by atoms with van der Waals surface area (Å²) in [6.45, 7) is 1.81. The van der Waals surface area contributed by atoms with Crippen molar-refractivity contribution in [3.8, 4) is 11.5 Å². The Morgan fingerprint density at radius 2 is 2.14 bits per heavy atom. The zero-order valence-corrected chi connectivity index (χ0v) is 9.45. The van der Waals surface area contributed by atoms with E-state index < -0.39 is 0 Å². The molecule has 0 saturated carbocycles. The molecule has 2 rings (SSSR count). The normalized spacial score (nSPS) is 10.5. The Morgan fingerprint density at radius 3 is 2.71 bits per heavy atom. The molecule has 0 bridgehead atoms. The summed E-state index contributed by atoms with van der Waals surface area (Å²) in [5, 5.41) is 3.63. The average molecular weight is 304 g/mol. The number of nitrogens with zero attached hydrogens (tertiary/aromatic N) is 2. The van der Waals surface area contributed by atoms with Gasteiger partial charge in [0.1, 0.15) is 5.82 Å². The van der Waals surface area contributed by atoms with Gasteiger partial charge < -0.3 is 4.52 Å². The van der Waals surface area contributed by atoms with Crippen LogP contribution in [0.4, 0.5) is 4.39 Å². The molecular formula is C9H6FIN2O. The molecular weight excluding hydrogens is 298 g/mol. The van der Waals surface area contributed by atoms with Crippen molar-refractivity contribution in [1.29, 1.82) is 0 Å². The van der Waals surface area contributed by atoms with Crippen molar-refractivity contribution in [3.05, 3.63) is 33.4 Å². The zero-order valence-electron chi connectivity index (χ0n) is 7.29. The molecule has 0 unspecified atom stereocenters. The Bertz CT molecular complexity index is 449. The van der Waals surface area contributed by atoms with E-state index in [0.29, 0.717) is 15.3 Å². The summed E-state index contributed by atoms with van der Waals surface area (Å²) in [6, 6.07) is 4.62. The smallest absolute Gasteiger partial charge is 0.258 e. The lowest BCUT2D eigenvalue weighted by atomic mass is 10.1. The molecule has 0 aliphatic rings. The van der Waals surface area contributed by atoms with Gasteiger partial charge in [0, 0.05) is 28.2 Å². The van der Waals surface area contributed by atoms with Gasteiger partial charge in [0.05, 0.1) is 0 Å². The molecule has 0 aliphatic heterocycles. The van der Waals surface area contributed by atoms with Gasteiger partial charge in [0.2, 0.25) is 3.83 Å². The molecule has 0 atom stereocenters. The first kappa shape index (κ1) is 9.57. The Kier molecular flexibility index (Phi) is 2.49. The Morgan fingerprint density at radius 1 is 1.36 bits per heavy atom. The van der Waals surface area contributed by atoms with E-state index in [4.69, 9.17) is 4.52 Å². The number of hydrogen-bond donors (Lipinski definition) is 0. The van der Waals surface area contributed by atoms with Crippen molar-refractivity contribution >= 4 is 22.6 Å². The van der Waals surface area contributed by atoms with Crippen molar-refractivity contribution in [1.82, 2.24) is 10.1 Å². The molecule has 0 radical (unpaired) electrons. The molecule has 72 valence electrons.